The number of hydrogen-bond acceptors (Lipinski definition) is 5. The number of nitrogens with two attached hydrogens (primary N) is 1. The molecule has 6 rings (SSSR count). The summed E-state index contributed by atoms with van der Waals surface area (Å²) in [6, 6.07) is 24.9. The number of carbonyl (C=O) groups is 1. The first-order valence-corrected chi connectivity index (χ1v) is 14.3. The predicted molar refractivity (Wildman–Crippen MR) is 161 cm³/mol. The quantitative estimate of drug-likeness (QED) is 0.254. The molecule has 2 unspecified atom stereocenters. The molecule has 2 atom stereocenters. The van der Waals surface area contributed by atoms with Crippen molar-refractivity contribution in [3.05, 3.63) is 102 Å². The molecular formula is C33H38N6O. The molecule has 40 heavy (non-hydrogen) atoms. The summed E-state index contributed by atoms with van der Waals surface area (Å²) in [6.07, 6.45) is 7.66. The number of hydrogen-bond donors (Lipinski definition) is 3. The first-order chi connectivity index (χ1) is 19.5. The van der Waals surface area contributed by atoms with E-state index in [9.17, 15) is 4.79 Å². The molecule has 1 aliphatic heterocycles. The Morgan fingerprint density at radius 2 is 1.73 bits per heavy atom. The molecule has 4 N–H and O–H groups in total. The van der Waals surface area contributed by atoms with E-state index < -0.39 is 0 Å². The third-order valence-corrected chi connectivity index (χ3v) is 8.37. The fraction of sp³-hybridized carbons (Fsp3) is 0.333. The van der Waals surface area contributed by atoms with Gasteiger partial charge in [0, 0.05) is 42.9 Å². The van der Waals surface area contributed by atoms with Crippen LogP contribution in [0.5, 0.6) is 0 Å². The Bertz CT molecular complexity index is 1440. The van der Waals surface area contributed by atoms with Gasteiger partial charge in [-0.2, -0.15) is 5.10 Å². The average Bonchev–Trinajstić information content (AvgIpc) is 3.63. The monoisotopic (exact) mass is 534 g/mol. The molecule has 206 valence electrons. The van der Waals surface area contributed by atoms with Crippen molar-refractivity contribution in [2.24, 2.45) is 13.0 Å². The number of rotatable bonds is 9. The van der Waals surface area contributed by atoms with Gasteiger partial charge in [0.25, 0.3) is 5.91 Å². The molecule has 0 bridgehead atoms. The summed E-state index contributed by atoms with van der Waals surface area (Å²) in [5.41, 5.74) is 12.9. The number of nitrogen functional groups attached to an aromatic ring is 1. The zero-order valence-electron chi connectivity index (χ0n) is 23.1. The number of piperidine rings is 1. The van der Waals surface area contributed by atoms with Crippen molar-refractivity contribution in [3.8, 4) is 11.1 Å². The minimum Gasteiger partial charge on any atom is -0.397 e. The number of aryl methyl sites for hydroxylation is 1. The first kappa shape index (κ1) is 26.3. The Hall–Kier alpha value is -3.94. The second-order valence-electron chi connectivity index (χ2n) is 11.3. The summed E-state index contributed by atoms with van der Waals surface area (Å²) in [4.78, 5) is 15.1. The van der Waals surface area contributed by atoms with Crippen LogP contribution >= 0.6 is 0 Å². The third kappa shape index (κ3) is 6.27. The summed E-state index contributed by atoms with van der Waals surface area (Å²) in [5, 5.41) is 11.0. The SMILES string of the molecule is Cn1cc(-c2ccc(C3CC3NCC3CCN(Cc4ccc(C(=O)Nc5ccccc5N)cc4)CC3)cc2)cn1. The van der Waals surface area contributed by atoms with Crippen molar-refractivity contribution < 1.29 is 4.79 Å². The Kier molecular flexibility index (Phi) is 7.66. The molecule has 0 radical (unpaired) electrons. The zero-order chi connectivity index (χ0) is 27.5. The molecule has 0 spiro atoms. The van der Waals surface area contributed by atoms with E-state index in [1.165, 1.54) is 41.5 Å². The van der Waals surface area contributed by atoms with Crippen LogP contribution in [0.3, 0.4) is 0 Å². The van der Waals surface area contributed by atoms with Crippen molar-refractivity contribution in [1.82, 2.24) is 20.0 Å². The molecule has 1 saturated heterocycles. The predicted octanol–water partition coefficient (Wildman–Crippen LogP) is 5.28. The second-order valence-corrected chi connectivity index (χ2v) is 11.3. The number of amides is 1. The number of likely N-dealkylation sites (tertiary alicyclic amines) is 1. The lowest BCUT2D eigenvalue weighted by atomic mass is 9.96. The summed E-state index contributed by atoms with van der Waals surface area (Å²) in [7, 11) is 1.95. The van der Waals surface area contributed by atoms with Crippen LogP contribution in [-0.2, 0) is 13.6 Å². The minimum atomic E-state index is -0.141. The number of carbonyl (C=O) groups excluding carboxylic acids is 1. The van der Waals surface area contributed by atoms with Crippen LogP contribution < -0.4 is 16.4 Å². The van der Waals surface area contributed by atoms with Crippen molar-refractivity contribution in [1.29, 1.82) is 0 Å². The summed E-state index contributed by atoms with van der Waals surface area (Å²) >= 11 is 0. The maximum atomic E-state index is 12.6. The molecule has 3 aromatic carbocycles. The zero-order valence-corrected chi connectivity index (χ0v) is 23.1. The molecular weight excluding hydrogens is 496 g/mol. The summed E-state index contributed by atoms with van der Waals surface area (Å²) in [5.74, 6) is 1.23. The van der Waals surface area contributed by atoms with Gasteiger partial charge in [0.05, 0.1) is 17.6 Å². The fourth-order valence-electron chi connectivity index (χ4n) is 5.77. The summed E-state index contributed by atoms with van der Waals surface area (Å²) in [6.45, 7) is 4.27. The average molecular weight is 535 g/mol. The first-order valence-electron chi connectivity index (χ1n) is 14.3. The molecule has 1 saturated carbocycles. The minimum absolute atomic E-state index is 0.141. The second kappa shape index (κ2) is 11.7. The molecule has 7 heteroatoms. The van der Waals surface area contributed by atoms with E-state index in [0.717, 1.165) is 32.1 Å². The molecule has 7 nitrogen and oxygen atoms in total. The van der Waals surface area contributed by atoms with Crippen LogP contribution in [0.1, 0.15) is 46.7 Å². The fourth-order valence-corrected chi connectivity index (χ4v) is 5.77. The summed E-state index contributed by atoms with van der Waals surface area (Å²) < 4.78 is 1.85. The van der Waals surface area contributed by atoms with Crippen molar-refractivity contribution in [2.75, 3.05) is 30.7 Å². The van der Waals surface area contributed by atoms with E-state index in [4.69, 9.17) is 5.73 Å². The topological polar surface area (TPSA) is 88.2 Å². The standard InChI is InChI=1S/C33H38N6O/c1-38-22-28(20-36-38)25-10-12-26(13-11-25)29-18-32(29)35-19-23-14-16-39(17-15-23)21-24-6-8-27(9-7-24)33(40)37-31-5-3-2-4-30(31)34/h2-13,20,22-23,29,32,35H,14-19,21,34H2,1H3,(H,37,40). The van der Waals surface area contributed by atoms with E-state index in [1.807, 2.05) is 48.3 Å². The molecule has 2 fully saturated rings. The lowest BCUT2D eigenvalue weighted by molar-refractivity contribution is 0.102. The van der Waals surface area contributed by atoms with E-state index in [0.29, 0.717) is 28.9 Å². The number of anilines is 2. The highest BCUT2D eigenvalue weighted by molar-refractivity contribution is 6.05. The number of benzene rings is 3. The van der Waals surface area contributed by atoms with Crippen molar-refractivity contribution in [2.45, 2.75) is 37.8 Å². The van der Waals surface area contributed by atoms with Crippen LogP contribution in [0.15, 0.2) is 85.2 Å². The van der Waals surface area contributed by atoms with Crippen LogP contribution in [0.4, 0.5) is 11.4 Å². The van der Waals surface area contributed by atoms with Gasteiger partial charge in [0.15, 0.2) is 0 Å². The van der Waals surface area contributed by atoms with E-state index in [-0.39, 0.29) is 5.91 Å². The van der Waals surface area contributed by atoms with E-state index in [1.54, 1.807) is 6.07 Å². The van der Waals surface area contributed by atoms with E-state index in [2.05, 4.69) is 63.2 Å². The Labute approximate surface area is 236 Å². The normalized spacial score (nSPS) is 19.4. The van der Waals surface area contributed by atoms with Gasteiger partial charge < -0.3 is 16.4 Å². The highest BCUT2D eigenvalue weighted by Gasteiger charge is 2.38. The van der Waals surface area contributed by atoms with Gasteiger partial charge in [-0.25, -0.2) is 0 Å². The number of aromatic nitrogens is 2. The van der Waals surface area contributed by atoms with Gasteiger partial charge >= 0.3 is 0 Å². The van der Waals surface area contributed by atoms with Gasteiger partial charge in [-0.05, 0) is 85.8 Å². The lowest BCUT2D eigenvalue weighted by Crippen LogP contribution is -2.37. The molecule has 4 aromatic rings. The molecule has 1 aromatic heterocycles. The van der Waals surface area contributed by atoms with Crippen LogP contribution in [-0.4, -0.2) is 46.3 Å². The van der Waals surface area contributed by atoms with Crippen LogP contribution in [0, 0.1) is 5.92 Å². The van der Waals surface area contributed by atoms with Crippen LogP contribution in [0.25, 0.3) is 11.1 Å². The molecule has 1 amide bonds. The third-order valence-electron chi connectivity index (χ3n) is 8.37. The van der Waals surface area contributed by atoms with Gasteiger partial charge in [-0.3, -0.25) is 14.4 Å². The van der Waals surface area contributed by atoms with Crippen molar-refractivity contribution >= 4 is 17.3 Å². The van der Waals surface area contributed by atoms with Gasteiger partial charge in [0.1, 0.15) is 0 Å². The maximum absolute atomic E-state index is 12.6. The number of nitrogens with zero attached hydrogens (tertiary/aromatic N) is 3. The molecule has 2 aliphatic rings. The van der Waals surface area contributed by atoms with Crippen molar-refractivity contribution in [3.63, 3.8) is 0 Å². The lowest BCUT2D eigenvalue weighted by Gasteiger charge is -2.32. The highest BCUT2D eigenvalue weighted by atomic mass is 16.1. The highest BCUT2D eigenvalue weighted by Crippen LogP contribution is 2.41. The largest absolute Gasteiger partial charge is 0.397 e. The number of nitrogens with one attached hydrogen (secondary N) is 2. The Morgan fingerprint density at radius 1 is 0.975 bits per heavy atom. The van der Waals surface area contributed by atoms with Gasteiger partial charge in [0.2, 0.25) is 0 Å². The van der Waals surface area contributed by atoms with Gasteiger partial charge in [-0.1, -0.05) is 48.5 Å². The van der Waals surface area contributed by atoms with E-state index >= 15 is 0 Å². The Morgan fingerprint density at radius 3 is 2.42 bits per heavy atom. The molecule has 1 aliphatic carbocycles. The molecule has 2 heterocycles. The van der Waals surface area contributed by atoms with Crippen LogP contribution in [0.2, 0.25) is 0 Å². The maximum Gasteiger partial charge on any atom is 0.255 e. The smallest absolute Gasteiger partial charge is 0.255 e. The number of para-hydroxylation sites is 2. The Balaban J connectivity index is 0.912. The van der Waals surface area contributed by atoms with Gasteiger partial charge in [-0.15, -0.1) is 0 Å².